The predicted octanol–water partition coefficient (Wildman–Crippen LogP) is 4.15. The van der Waals surface area contributed by atoms with Gasteiger partial charge in [-0.1, -0.05) is 62.6 Å². The van der Waals surface area contributed by atoms with Crippen molar-refractivity contribution < 1.29 is 4.79 Å². The lowest BCUT2D eigenvalue weighted by molar-refractivity contribution is 0.0954. The Balaban J connectivity index is 2.01. The number of carbonyl (C=O) groups excluding carboxylic acids is 1. The van der Waals surface area contributed by atoms with Crippen LogP contribution in [0.25, 0.3) is 10.8 Å². The van der Waals surface area contributed by atoms with E-state index in [2.05, 4.69) is 12.2 Å². The monoisotopic (exact) mass is 255 g/mol. The van der Waals surface area contributed by atoms with Crippen molar-refractivity contribution >= 4 is 16.7 Å². The van der Waals surface area contributed by atoms with Crippen LogP contribution in [0, 0.1) is 0 Å². The summed E-state index contributed by atoms with van der Waals surface area (Å²) in [5, 5.41) is 5.15. The molecule has 0 saturated carbocycles. The lowest BCUT2D eigenvalue weighted by Gasteiger charge is -2.07. The van der Waals surface area contributed by atoms with Crippen molar-refractivity contribution in [3.8, 4) is 0 Å². The molecule has 100 valence electrons. The fraction of sp³-hybridized carbons (Fsp3) is 0.353. The third-order valence-corrected chi connectivity index (χ3v) is 3.35. The number of carbonyl (C=O) groups is 1. The van der Waals surface area contributed by atoms with Gasteiger partial charge in [-0.2, -0.15) is 0 Å². The molecular formula is C17H21NO. The molecule has 0 unspecified atom stereocenters. The summed E-state index contributed by atoms with van der Waals surface area (Å²) in [6, 6.07) is 13.9. The second-order valence-corrected chi connectivity index (χ2v) is 4.84. The van der Waals surface area contributed by atoms with E-state index in [1.54, 1.807) is 0 Å². The molecule has 0 atom stereocenters. The van der Waals surface area contributed by atoms with E-state index in [0.29, 0.717) is 0 Å². The van der Waals surface area contributed by atoms with Crippen LogP contribution in [-0.4, -0.2) is 12.5 Å². The first kappa shape index (κ1) is 13.6. The van der Waals surface area contributed by atoms with Crippen molar-refractivity contribution in [3.63, 3.8) is 0 Å². The standard InChI is InChI=1S/C17H21NO/c1-2-3-4-7-13-18-17(19)16-12-8-10-14-9-5-6-11-15(14)16/h5-6,8-12H,2-4,7,13H2,1H3,(H,18,19). The molecule has 1 N–H and O–H groups in total. The minimum atomic E-state index is 0.0355. The van der Waals surface area contributed by atoms with Gasteiger partial charge in [-0.15, -0.1) is 0 Å². The summed E-state index contributed by atoms with van der Waals surface area (Å²) in [4.78, 5) is 12.2. The van der Waals surface area contributed by atoms with E-state index in [-0.39, 0.29) is 5.91 Å². The normalized spacial score (nSPS) is 10.6. The number of fused-ring (bicyclic) bond motifs is 1. The lowest BCUT2D eigenvalue weighted by atomic mass is 10.0. The summed E-state index contributed by atoms with van der Waals surface area (Å²) in [6.45, 7) is 2.96. The van der Waals surface area contributed by atoms with E-state index in [1.807, 2.05) is 42.5 Å². The van der Waals surface area contributed by atoms with E-state index >= 15 is 0 Å². The summed E-state index contributed by atoms with van der Waals surface area (Å²) < 4.78 is 0. The Labute approximate surface area is 114 Å². The molecule has 2 nitrogen and oxygen atoms in total. The maximum Gasteiger partial charge on any atom is 0.251 e. The second-order valence-electron chi connectivity index (χ2n) is 4.84. The maximum absolute atomic E-state index is 12.2. The first-order chi connectivity index (χ1) is 9.33. The molecule has 0 aromatic heterocycles. The van der Waals surface area contributed by atoms with Gasteiger partial charge in [0.25, 0.3) is 5.91 Å². The number of benzene rings is 2. The Kier molecular flexibility index (Phi) is 4.96. The summed E-state index contributed by atoms with van der Waals surface area (Å²) in [5.41, 5.74) is 0.772. The number of hydrogen-bond acceptors (Lipinski definition) is 1. The molecule has 0 aliphatic heterocycles. The minimum Gasteiger partial charge on any atom is -0.352 e. The van der Waals surface area contributed by atoms with Crippen LogP contribution in [0.5, 0.6) is 0 Å². The molecule has 0 heterocycles. The molecule has 1 amide bonds. The second kappa shape index (κ2) is 6.93. The predicted molar refractivity (Wildman–Crippen MR) is 80.4 cm³/mol. The fourth-order valence-corrected chi connectivity index (χ4v) is 2.27. The lowest BCUT2D eigenvalue weighted by Crippen LogP contribution is -2.24. The highest BCUT2D eigenvalue weighted by molar-refractivity contribution is 6.06. The topological polar surface area (TPSA) is 29.1 Å². The molecule has 0 aliphatic carbocycles. The van der Waals surface area contributed by atoms with E-state index in [4.69, 9.17) is 0 Å². The quantitative estimate of drug-likeness (QED) is 0.772. The van der Waals surface area contributed by atoms with Gasteiger partial charge in [0.2, 0.25) is 0 Å². The van der Waals surface area contributed by atoms with E-state index in [9.17, 15) is 4.79 Å². The highest BCUT2D eigenvalue weighted by Gasteiger charge is 2.08. The van der Waals surface area contributed by atoms with Crippen LogP contribution in [0.4, 0.5) is 0 Å². The van der Waals surface area contributed by atoms with Gasteiger partial charge in [0.15, 0.2) is 0 Å². The molecule has 0 radical (unpaired) electrons. The van der Waals surface area contributed by atoms with Crippen LogP contribution in [0.1, 0.15) is 43.0 Å². The minimum absolute atomic E-state index is 0.0355. The van der Waals surface area contributed by atoms with Gasteiger partial charge in [0.1, 0.15) is 0 Å². The zero-order valence-electron chi connectivity index (χ0n) is 11.5. The fourth-order valence-electron chi connectivity index (χ4n) is 2.27. The first-order valence-electron chi connectivity index (χ1n) is 7.09. The molecule has 2 aromatic rings. The van der Waals surface area contributed by atoms with Gasteiger partial charge in [-0.3, -0.25) is 4.79 Å². The van der Waals surface area contributed by atoms with E-state index in [0.717, 1.165) is 29.3 Å². The van der Waals surface area contributed by atoms with Gasteiger partial charge in [0.05, 0.1) is 0 Å². The third kappa shape index (κ3) is 3.57. The molecular weight excluding hydrogens is 234 g/mol. The van der Waals surface area contributed by atoms with Gasteiger partial charge in [-0.05, 0) is 23.3 Å². The maximum atomic E-state index is 12.2. The molecule has 0 saturated heterocycles. The average molecular weight is 255 g/mol. The summed E-state index contributed by atoms with van der Waals surface area (Å²) in [6.07, 6.45) is 4.71. The number of unbranched alkanes of at least 4 members (excludes halogenated alkanes) is 3. The average Bonchev–Trinajstić information content (AvgIpc) is 2.46. The molecule has 2 rings (SSSR count). The Morgan fingerprint density at radius 3 is 2.63 bits per heavy atom. The highest BCUT2D eigenvalue weighted by atomic mass is 16.1. The number of amides is 1. The molecule has 19 heavy (non-hydrogen) atoms. The molecule has 0 bridgehead atoms. The SMILES string of the molecule is CCCCCCNC(=O)c1cccc2ccccc12. The van der Waals surface area contributed by atoms with Crippen LogP contribution in [0.3, 0.4) is 0 Å². The smallest absolute Gasteiger partial charge is 0.251 e. The van der Waals surface area contributed by atoms with Gasteiger partial charge in [-0.25, -0.2) is 0 Å². The Morgan fingerprint density at radius 1 is 1.00 bits per heavy atom. The van der Waals surface area contributed by atoms with Crippen molar-refractivity contribution in [1.82, 2.24) is 5.32 Å². The van der Waals surface area contributed by atoms with Crippen LogP contribution in [0.15, 0.2) is 42.5 Å². The molecule has 2 aromatic carbocycles. The third-order valence-electron chi connectivity index (χ3n) is 3.35. The van der Waals surface area contributed by atoms with E-state index < -0.39 is 0 Å². The summed E-state index contributed by atoms with van der Waals surface area (Å²) in [5.74, 6) is 0.0355. The summed E-state index contributed by atoms with van der Waals surface area (Å²) >= 11 is 0. The van der Waals surface area contributed by atoms with Crippen LogP contribution in [-0.2, 0) is 0 Å². The van der Waals surface area contributed by atoms with Crippen LogP contribution < -0.4 is 5.32 Å². The highest BCUT2D eigenvalue weighted by Crippen LogP contribution is 2.18. The molecule has 2 heteroatoms. The van der Waals surface area contributed by atoms with Crippen molar-refractivity contribution in [3.05, 3.63) is 48.0 Å². The summed E-state index contributed by atoms with van der Waals surface area (Å²) in [7, 11) is 0. The molecule has 0 spiro atoms. The van der Waals surface area contributed by atoms with Crippen molar-refractivity contribution in [2.45, 2.75) is 32.6 Å². The number of nitrogens with one attached hydrogen (secondary N) is 1. The first-order valence-corrected chi connectivity index (χ1v) is 7.09. The van der Waals surface area contributed by atoms with Crippen molar-refractivity contribution in [2.75, 3.05) is 6.54 Å². The Bertz CT molecular complexity index is 542. The Morgan fingerprint density at radius 2 is 1.79 bits per heavy atom. The van der Waals surface area contributed by atoms with Gasteiger partial charge < -0.3 is 5.32 Å². The van der Waals surface area contributed by atoms with Crippen LogP contribution >= 0.6 is 0 Å². The largest absolute Gasteiger partial charge is 0.352 e. The zero-order chi connectivity index (χ0) is 13.5. The number of hydrogen-bond donors (Lipinski definition) is 1. The Hall–Kier alpha value is -1.83. The van der Waals surface area contributed by atoms with Gasteiger partial charge >= 0.3 is 0 Å². The van der Waals surface area contributed by atoms with E-state index in [1.165, 1.54) is 19.3 Å². The van der Waals surface area contributed by atoms with Crippen molar-refractivity contribution in [2.24, 2.45) is 0 Å². The zero-order valence-corrected chi connectivity index (χ0v) is 11.5. The molecule has 0 aliphatic rings. The molecule has 0 fully saturated rings. The number of rotatable bonds is 6. The van der Waals surface area contributed by atoms with Crippen LogP contribution in [0.2, 0.25) is 0 Å². The van der Waals surface area contributed by atoms with Gasteiger partial charge in [0, 0.05) is 12.1 Å². The van der Waals surface area contributed by atoms with Crippen molar-refractivity contribution in [1.29, 1.82) is 0 Å².